The Kier molecular flexibility index (Phi) is 7.68. The first-order valence-corrected chi connectivity index (χ1v) is 10.5. The summed E-state index contributed by atoms with van der Waals surface area (Å²) in [5.74, 6) is -0.790. The van der Waals surface area contributed by atoms with Crippen molar-refractivity contribution >= 4 is 11.7 Å². The van der Waals surface area contributed by atoms with Gasteiger partial charge in [0, 0.05) is 37.9 Å². The van der Waals surface area contributed by atoms with Gasteiger partial charge in [0.25, 0.3) is 0 Å². The van der Waals surface area contributed by atoms with Crippen LogP contribution in [-0.4, -0.2) is 43.4 Å². The second-order valence-corrected chi connectivity index (χ2v) is 8.04. The number of ether oxygens (including phenoxy) is 1. The Balaban J connectivity index is 1.38. The quantitative estimate of drug-likeness (QED) is 0.595. The van der Waals surface area contributed by atoms with E-state index in [-0.39, 0.29) is 24.6 Å². The van der Waals surface area contributed by atoms with Crippen LogP contribution in [0.1, 0.15) is 31.9 Å². The van der Waals surface area contributed by atoms with Gasteiger partial charge in [-0.1, -0.05) is 12.1 Å². The predicted octanol–water partition coefficient (Wildman–Crippen LogP) is 3.61. The molecule has 3 rings (SSSR count). The minimum Gasteiger partial charge on any atom is -0.491 e. The average Bonchev–Trinajstić information content (AvgIpc) is 3.21. The number of rotatable bonds is 8. The highest BCUT2D eigenvalue weighted by Gasteiger charge is 2.24. The highest BCUT2D eigenvalue weighted by molar-refractivity contribution is 5.73. The van der Waals surface area contributed by atoms with Crippen molar-refractivity contribution in [2.45, 2.75) is 32.5 Å². The van der Waals surface area contributed by atoms with Crippen LogP contribution < -0.4 is 20.3 Å². The number of hydrogen-bond acceptors (Lipinski definition) is 4. The summed E-state index contributed by atoms with van der Waals surface area (Å²) < 4.78 is 32.1. The topological polar surface area (TPSA) is 73.8 Å². The van der Waals surface area contributed by atoms with Gasteiger partial charge in [-0.2, -0.15) is 0 Å². The van der Waals surface area contributed by atoms with Gasteiger partial charge in [0.05, 0.1) is 12.2 Å². The minimum atomic E-state index is -0.862. The SMILES string of the molecule is CC(C)Oc1ccc(C(O)CNC(=O)NCC2CCN(c3ccc(F)c(F)c3)C2)cc1. The van der Waals surface area contributed by atoms with Crippen LogP contribution in [0.3, 0.4) is 0 Å². The molecule has 0 spiro atoms. The second-order valence-electron chi connectivity index (χ2n) is 8.04. The lowest BCUT2D eigenvalue weighted by Gasteiger charge is -2.19. The monoisotopic (exact) mass is 433 g/mol. The second kappa shape index (κ2) is 10.4. The zero-order valence-corrected chi connectivity index (χ0v) is 17.8. The van der Waals surface area contributed by atoms with E-state index < -0.39 is 17.7 Å². The Morgan fingerprint density at radius 3 is 2.58 bits per heavy atom. The molecule has 0 radical (unpaired) electrons. The fourth-order valence-electron chi connectivity index (χ4n) is 3.56. The third kappa shape index (κ3) is 6.55. The molecule has 1 heterocycles. The molecular formula is C23H29F2N3O3. The van der Waals surface area contributed by atoms with Gasteiger partial charge in [-0.25, -0.2) is 13.6 Å². The molecule has 1 aliphatic heterocycles. The molecule has 168 valence electrons. The van der Waals surface area contributed by atoms with Crippen molar-refractivity contribution < 1.29 is 23.4 Å². The van der Waals surface area contributed by atoms with E-state index in [1.54, 1.807) is 30.3 Å². The maximum Gasteiger partial charge on any atom is 0.314 e. The van der Waals surface area contributed by atoms with Crippen LogP contribution in [0, 0.1) is 17.6 Å². The van der Waals surface area contributed by atoms with Crippen molar-refractivity contribution in [1.82, 2.24) is 10.6 Å². The molecule has 0 aliphatic carbocycles. The maximum absolute atomic E-state index is 13.4. The Labute approximate surface area is 181 Å². The van der Waals surface area contributed by atoms with Gasteiger partial charge in [-0.3, -0.25) is 0 Å². The molecule has 1 aliphatic rings. The highest BCUT2D eigenvalue weighted by atomic mass is 19.2. The van der Waals surface area contributed by atoms with Crippen LogP contribution in [0.4, 0.5) is 19.3 Å². The Bertz CT molecular complexity index is 877. The van der Waals surface area contributed by atoms with E-state index in [0.29, 0.717) is 30.9 Å². The summed E-state index contributed by atoms with van der Waals surface area (Å²) in [7, 11) is 0. The molecule has 2 amide bonds. The number of aliphatic hydroxyl groups is 1. The lowest BCUT2D eigenvalue weighted by atomic mass is 10.1. The van der Waals surface area contributed by atoms with Gasteiger partial charge >= 0.3 is 6.03 Å². The number of benzene rings is 2. The van der Waals surface area contributed by atoms with Crippen molar-refractivity contribution in [3.05, 3.63) is 59.7 Å². The molecule has 0 aromatic heterocycles. The number of carbonyl (C=O) groups excluding carboxylic acids is 1. The lowest BCUT2D eigenvalue weighted by Crippen LogP contribution is -2.40. The standard InChI is InChI=1S/C23H29F2N3O3/c1-15(2)31-19-6-3-17(4-7-19)22(29)13-27-23(30)26-12-16-9-10-28(14-16)18-5-8-20(24)21(25)11-18/h3-8,11,15-16,22,29H,9-10,12-14H2,1-2H3,(H2,26,27,30). The molecule has 8 heteroatoms. The van der Waals surface area contributed by atoms with Gasteiger partial charge in [0.1, 0.15) is 5.75 Å². The zero-order chi connectivity index (χ0) is 22.4. The first-order valence-electron chi connectivity index (χ1n) is 10.5. The minimum absolute atomic E-state index is 0.0740. The summed E-state index contributed by atoms with van der Waals surface area (Å²) in [6.45, 7) is 5.80. The predicted molar refractivity (Wildman–Crippen MR) is 115 cm³/mol. The number of carbonyl (C=O) groups is 1. The van der Waals surface area contributed by atoms with Crippen LogP contribution in [0.2, 0.25) is 0 Å². The van der Waals surface area contributed by atoms with Crippen LogP contribution in [0.5, 0.6) is 5.75 Å². The van der Waals surface area contributed by atoms with Crippen molar-refractivity contribution in [2.75, 3.05) is 31.1 Å². The summed E-state index contributed by atoms with van der Waals surface area (Å²) in [4.78, 5) is 14.1. The molecule has 1 saturated heterocycles. The lowest BCUT2D eigenvalue weighted by molar-refractivity contribution is 0.172. The van der Waals surface area contributed by atoms with E-state index in [0.717, 1.165) is 18.2 Å². The van der Waals surface area contributed by atoms with E-state index >= 15 is 0 Å². The first-order chi connectivity index (χ1) is 14.8. The Morgan fingerprint density at radius 1 is 1.16 bits per heavy atom. The molecule has 3 N–H and O–H groups in total. The van der Waals surface area contributed by atoms with E-state index in [4.69, 9.17) is 4.74 Å². The number of hydrogen-bond donors (Lipinski definition) is 3. The summed E-state index contributed by atoms with van der Waals surface area (Å²) in [6, 6.07) is 10.6. The van der Waals surface area contributed by atoms with Gasteiger partial charge in [0.15, 0.2) is 11.6 Å². The molecule has 2 aromatic rings. The number of urea groups is 1. The number of halogens is 2. The molecule has 2 atom stereocenters. The Hall–Kier alpha value is -2.87. The summed E-state index contributed by atoms with van der Waals surface area (Å²) in [5.41, 5.74) is 1.33. The van der Waals surface area contributed by atoms with Gasteiger partial charge in [0.2, 0.25) is 0 Å². The van der Waals surface area contributed by atoms with Crippen LogP contribution >= 0.6 is 0 Å². The fraction of sp³-hybridized carbons (Fsp3) is 0.435. The summed E-state index contributed by atoms with van der Waals surface area (Å²) in [5, 5.41) is 15.8. The molecule has 0 bridgehead atoms. The van der Waals surface area contributed by atoms with E-state index in [1.807, 2.05) is 18.7 Å². The third-order valence-electron chi connectivity index (χ3n) is 5.20. The maximum atomic E-state index is 13.4. The molecule has 0 saturated carbocycles. The molecular weight excluding hydrogens is 404 g/mol. The van der Waals surface area contributed by atoms with E-state index in [1.165, 1.54) is 6.07 Å². The first kappa shape index (κ1) is 22.8. The summed E-state index contributed by atoms with van der Waals surface area (Å²) in [6.07, 6.45) is 0.0892. The molecule has 2 unspecified atom stereocenters. The molecule has 1 fully saturated rings. The van der Waals surface area contributed by atoms with Crippen LogP contribution in [0.25, 0.3) is 0 Å². The number of nitrogens with zero attached hydrogens (tertiary/aromatic N) is 1. The van der Waals surface area contributed by atoms with E-state index in [2.05, 4.69) is 10.6 Å². The summed E-state index contributed by atoms with van der Waals surface area (Å²) >= 11 is 0. The number of amides is 2. The number of aliphatic hydroxyl groups excluding tert-OH is 1. The molecule has 6 nitrogen and oxygen atoms in total. The van der Waals surface area contributed by atoms with Crippen LogP contribution in [0.15, 0.2) is 42.5 Å². The zero-order valence-electron chi connectivity index (χ0n) is 17.8. The van der Waals surface area contributed by atoms with Crippen molar-refractivity contribution in [3.63, 3.8) is 0 Å². The highest BCUT2D eigenvalue weighted by Crippen LogP contribution is 2.25. The average molecular weight is 433 g/mol. The fourth-order valence-corrected chi connectivity index (χ4v) is 3.56. The van der Waals surface area contributed by atoms with Gasteiger partial charge in [-0.15, -0.1) is 0 Å². The number of anilines is 1. The molecule has 31 heavy (non-hydrogen) atoms. The molecule has 2 aromatic carbocycles. The largest absolute Gasteiger partial charge is 0.491 e. The van der Waals surface area contributed by atoms with E-state index in [9.17, 15) is 18.7 Å². The third-order valence-corrected chi connectivity index (χ3v) is 5.20. The van der Waals surface area contributed by atoms with Gasteiger partial charge < -0.3 is 25.4 Å². The van der Waals surface area contributed by atoms with Crippen molar-refractivity contribution in [2.24, 2.45) is 5.92 Å². The van der Waals surface area contributed by atoms with Crippen LogP contribution in [-0.2, 0) is 0 Å². The van der Waals surface area contributed by atoms with Gasteiger partial charge in [-0.05, 0) is 56.0 Å². The smallest absolute Gasteiger partial charge is 0.314 e. The number of nitrogens with one attached hydrogen (secondary N) is 2. The normalized spacial score (nSPS) is 17.0. The Morgan fingerprint density at radius 2 is 1.90 bits per heavy atom. The van der Waals surface area contributed by atoms with Crippen molar-refractivity contribution in [1.29, 1.82) is 0 Å². The van der Waals surface area contributed by atoms with Crippen molar-refractivity contribution in [3.8, 4) is 5.75 Å².